The Morgan fingerprint density at radius 3 is 2.15 bits per heavy atom. The van der Waals surface area contributed by atoms with Crippen molar-refractivity contribution in [3.63, 3.8) is 0 Å². The van der Waals surface area contributed by atoms with E-state index in [1.807, 2.05) is 0 Å². The van der Waals surface area contributed by atoms with E-state index < -0.39 is 24.6 Å². The van der Waals surface area contributed by atoms with Crippen molar-refractivity contribution in [2.45, 2.75) is 18.7 Å². The van der Waals surface area contributed by atoms with Gasteiger partial charge in [0.15, 0.2) is 18.2 Å². The molecule has 0 unspecified atom stereocenters. The zero-order chi connectivity index (χ0) is 24.0. The molecule has 8 nitrogen and oxygen atoms in total. The highest BCUT2D eigenvalue weighted by molar-refractivity contribution is 5.91. The largest absolute Gasteiger partial charge is 0.465 e. The Morgan fingerprint density at radius 1 is 1.03 bits per heavy atom. The Hall–Kier alpha value is -3.99. The Kier molecular flexibility index (Phi) is 7.23. The van der Waals surface area contributed by atoms with Crippen molar-refractivity contribution in [3.8, 4) is 28.8 Å². The van der Waals surface area contributed by atoms with Crippen LogP contribution in [0.2, 0.25) is 0 Å². The third-order valence-electron chi connectivity index (χ3n) is 4.29. The number of aromatic nitrogens is 2. The molecular formula is C22H19F3N4O4. The maximum Gasteiger partial charge on any atom is 0.393 e. The van der Waals surface area contributed by atoms with Crippen molar-refractivity contribution < 1.29 is 32.2 Å². The molecular weight excluding hydrogens is 441 g/mol. The van der Waals surface area contributed by atoms with Gasteiger partial charge in [-0.15, -0.1) is 0 Å². The molecule has 1 amide bonds. The molecule has 0 aliphatic rings. The highest BCUT2D eigenvalue weighted by Gasteiger charge is 2.27. The second-order valence-corrected chi connectivity index (χ2v) is 6.87. The third-order valence-corrected chi connectivity index (χ3v) is 4.29. The topological polar surface area (TPSA) is 130 Å². The van der Waals surface area contributed by atoms with Gasteiger partial charge in [0.05, 0.1) is 6.42 Å². The molecule has 1 heterocycles. The number of amides is 1. The lowest BCUT2D eigenvalue weighted by Crippen LogP contribution is -2.28. The van der Waals surface area contributed by atoms with Gasteiger partial charge in [-0.3, -0.25) is 9.59 Å². The van der Waals surface area contributed by atoms with Gasteiger partial charge in [0.2, 0.25) is 5.88 Å². The molecule has 0 fully saturated rings. The summed E-state index contributed by atoms with van der Waals surface area (Å²) in [6, 6.07) is 13.2. The molecule has 11 heteroatoms. The summed E-state index contributed by atoms with van der Waals surface area (Å²) in [6.45, 7) is -0.0854. The van der Waals surface area contributed by atoms with Gasteiger partial charge in [-0.05, 0) is 42.0 Å². The lowest BCUT2D eigenvalue weighted by atomic mass is 10.1. The molecule has 1 aromatic heterocycles. The second-order valence-electron chi connectivity index (χ2n) is 6.87. The summed E-state index contributed by atoms with van der Waals surface area (Å²) in [5.41, 5.74) is 11.3. The third kappa shape index (κ3) is 6.74. The van der Waals surface area contributed by atoms with Gasteiger partial charge in [-0.1, -0.05) is 12.1 Å². The monoisotopic (exact) mass is 460 g/mol. The summed E-state index contributed by atoms with van der Waals surface area (Å²) < 4.78 is 48.4. The van der Waals surface area contributed by atoms with Gasteiger partial charge in [0, 0.05) is 18.2 Å². The maximum atomic E-state index is 12.5. The van der Waals surface area contributed by atoms with E-state index in [4.69, 9.17) is 20.9 Å². The SMILES string of the molecule is NC[C@@H](C=O)Oc1cc(C(N)=O)nc(-c2ccc(Oc3ccc(CC(F)(F)F)cc3)cc2)n1. The van der Waals surface area contributed by atoms with Gasteiger partial charge >= 0.3 is 6.18 Å². The molecule has 3 rings (SSSR count). The number of alkyl halides is 3. The molecule has 4 N–H and O–H groups in total. The van der Waals surface area contributed by atoms with Gasteiger partial charge in [-0.2, -0.15) is 18.2 Å². The van der Waals surface area contributed by atoms with E-state index in [0.29, 0.717) is 23.3 Å². The fourth-order valence-electron chi connectivity index (χ4n) is 2.74. The average molecular weight is 460 g/mol. The first-order chi connectivity index (χ1) is 15.7. The number of nitrogens with two attached hydrogens (primary N) is 2. The van der Waals surface area contributed by atoms with Crippen molar-refractivity contribution in [2.75, 3.05) is 6.54 Å². The van der Waals surface area contributed by atoms with Gasteiger partial charge in [0.1, 0.15) is 17.2 Å². The minimum absolute atomic E-state index is 0.0457. The summed E-state index contributed by atoms with van der Waals surface area (Å²) in [5, 5.41) is 0. The van der Waals surface area contributed by atoms with Crippen LogP contribution in [-0.2, 0) is 11.2 Å². The molecule has 0 aliphatic heterocycles. The molecule has 1 atom stereocenters. The minimum Gasteiger partial charge on any atom is -0.465 e. The lowest BCUT2D eigenvalue weighted by molar-refractivity contribution is -0.127. The summed E-state index contributed by atoms with van der Waals surface area (Å²) >= 11 is 0. The lowest BCUT2D eigenvalue weighted by Gasteiger charge is -2.12. The van der Waals surface area contributed by atoms with E-state index in [1.165, 1.54) is 30.3 Å². The van der Waals surface area contributed by atoms with Crippen LogP contribution in [-0.4, -0.2) is 41.0 Å². The van der Waals surface area contributed by atoms with Crippen LogP contribution in [0.4, 0.5) is 13.2 Å². The number of primary amides is 1. The predicted octanol–water partition coefficient (Wildman–Crippen LogP) is 3.04. The summed E-state index contributed by atoms with van der Waals surface area (Å²) in [7, 11) is 0. The fraction of sp³-hybridized carbons (Fsp3) is 0.182. The Morgan fingerprint density at radius 2 is 1.64 bits per heavy atom. The minimum atomic E-state index is -4.28. The first kappa shape index (κ1) is 23.7. The van der Waals surface area contributed by atoms with E-state index in [-0.39, 0.29) is 29.5 Å². The number of carbonyl (C=O) groups excluding carboxylic acids is 2. The summed E-state index contributed by atoms with van der Waals surface area (Å²) in [4.78, 5) is 30.9. The number of aldehydes is 1. The zero-order valence-electron chi connectivity index (χ0n) is 17.1. The summed E-state index contributed by atoms with van der Waals surface area (Å²) in [6.07, 6.45) is -5.74. The highest BCUT2D eigenvalue weighted by Crippen LogP contribution is 2.27. The van der Waals surface area contributed by atoms with Crippen molar-refractivity contribution in [1.82, 2.24) is 9.97 Å². The van der Waals surface area contributed by atoms with Crippen LogP contribution in [0, 0.1) is 0 Å². The van der Waals surface area contributed by atoms with Crippen molar-refractivity contribution in [2.24, 2.45) is 11.5 Å². The number of carbonyl (C=O) groups is 2. The number of hydrogen-bond donors (Lipinski definition) is 2. The normalized spacial score (nSPS) is 12.1. The van der Waals surface area contributed by atoms with Crippen molar-refractivity contribution in [3.05, 3.63) is 65.9 Å². The molecule has 172 valence electrons. The van der Waals surface area contributed by atoms with E-state index in [1.54, 1.807) is 24.3 Å². The van der Waals surface area contributed by atoms with Crippen molar-refractivity contribution in [1.29, 1.82) is 0 Å². The number of halogens is 3. The Balaban J connectivity index is 1.78. The number of benzene rings is 2. The van der Waals surface area contributed by atoms with Gasteiger partial charge in [0.25, 0.3) is 5.91 Å². The van der Waals surface area contributed by atoms with Crippen LogP contribution in [0.15, 0.2) is 54.6 Å². The van der Waals surface area contributed by atoms with Crippen molar-refractivity contribution >= 4 is 12.2 Å². The van der Waals surface area contributed by atoms with Crippen LogP contribution in [0.1, 0.15) is 16.1 Å². The smallest absolute Gasteiger partial charge is 0.393 e. The zero-order valence-corrected chi connectivity index (χ0v) is 17.1. The van der Waals surface area contributed by atoms with E-state index >= 15 is 0 Å². The molecule has 0 aliphatic carbocycles. The van der Waals surface area contributed by atoms with Gasteiger partial charge in [-0.25, -0.2) is 4.98 Å². The second kappa shape index (κ2) is 10.1. The molecule has 2 aromatic carbocycles. The standard InChI is InChI=1S/C22H19F3N4O4/c23-22(24,25)10-13-1-5-15(6-2-13)32-16-7-3-14(4-8-16)21-28-18(20(27)31)9-19(29-21)33-17(11-26)12-30/h1-9,12,17H,10-11,26H2,(H2,27,31)/t17-/m0/s1. The molecule has 0 bridgehead atoms. The van der Waals surface area contributed by atoms with Crippen LogP contribution >= 0.6 is 0 Å². The molecule has 33 heavy (non-hydrogen) atoms. The number of nitrogens with zero attached hydrogens (tertiary/aromatic N) is 2. The van der Waals surface area contributed by atoms with Crippen LogP contribution < -0.4 is 20.9 Å². The van der Waals surface area contributed by atoms with E-state index in [2.05, 4.69) is 9.97 Å². The first-order valence-electron chi connectivity index (χ1n) is 9.61. The Labute approximate surface area is 186 Å². The van der Waals surface area contributed by atoms with Crippen LogP contribution in [0.3, 0.4) is 0 Å². The van der Waals surface area contributed by atoms with E-state index in [0.717, 1.165) is 0 Å². The molecule has 3 aromatic rings. The highest BCUT2D eigenvalue weighted by atomic mass is 19.4. The van der Waals surface area contributed by atoms with Crippen LogP contribution in [0.25, 0.3) is 11.4 Å². The fourth-order valence-corrected chi connectivity index (χ4v) is 2.74. The molecule has 0 radical (unpaired) electrons. The van der Waals surface area contributed by atoms with Crippen LogP contribution in [0.5, 0.6) is 17.4 Å². The Bertz CT molecular complexity index is 1120. The maximum absolute atomic E-state index is 12.5. The quantitative estimate of drug-likeness (QED) is 0.469. The number of rotatable bonds is 9. The molecule has 0 spiro atoms. The summed E-state index contributed by atoms with van der Waals surface area (Å²) in [5.74, 6) is 0.0292. The first-order valence-corrected chi connectivity index (χ1v) is 9.61. The molecule has 0 saturated carbocycles. The van der Waals surface area contributed by atoms with Gasteiger partial charge < -0.3 is 20.9 Å². The average Bonchev–Trinajstić information content (AvgIpc) is 2.78. The molecule has 0 saturated heterocycles. The number of hydrogen-bond acceptors (Lipinski definition) is 7. The predicted molar refractivity (Wildman–Crippen MR) is 112 cm³/mol. The van der Waals surface area contributed by atoms with E-state index in [9.17, 15) is 22.8 Å². The number of ether oxygens (including phenoxy) is 2.